The lowest BCUT2D eigenvalue weighted by Gasteiger charge is -2.03. The van der Waals surface area contributed by atoms with E-state index in [0.29, 0.717) is 6.42 Å². The molecule has 15 heavy (non-hydrogen) atoms. The Labute approximate surface area is 90.8 Å². The summed E-state index contributed by atoms with van der Waals surface area (Å²) in [5, 5.41) is 5.76. The van der Waals surface area contributed by atoms with Crippen LogP contribution in [0.15, 0.2) is 29.8 Å². The van der Waals surface area contributed by atoms with Gasteiger partial charge in [0, 0.05) is 22.8 Å². The van der Waals surface area contributed by atoms with Crippen LogP contribution in [0.4, 0.5) is 5.69 Å². The molecule has 2 heterocycles. The molecule has 0 saturated heterocycles. The number of rotatable bonds is 1. The van der Waals surface area contributed by atoms with Crippen LogP contribution in [-0.4, -0.2) is 10.9 Å². The number of carbonyl (C=O) groups excluding carboxylic acids is 1. The summed E-state index contributed by atoms with van der Waals surface area (Å²) in [6.07, 6.45) is 2.24. The first-order valence-corrected chi connectivity index (χ1v) is 5.54. The van der Waals surface area contributed by atoms with Gasteiger partial charge in [-0.25, -0.2) is 4.98 Å². The van der Waals surface area contributed by atoms with Crippen molar-refractivity contribution < 1.29 is 4.79 Å². The van der Waals surface area contributed by atoms with Crippen LogP contribution in [0.2, 0.25) is 0 Å². The molecule has 0 bridgehead atoms. The highest BCUT2D eigenvalue weighted by Gasteiger charge is 2.21. The zero-order chi connectivity index (χ0) is 10.3. The van der Waals surface area contributed by atoms with E-state index in [1.165, 1.54) is 0 Å². The van der Waals surface area contributed by atoms with E-state index in [0.717, 1.165) is 21.8 Å². The molecule has 1 aromatic heterocycles. The first-order valence-electron chi connectivity index (χ1n) is 4.66. The molecule has 0 radical (unpaired) electrons. The molecule has 0 aliphatic carbocycles. The Hall–Kier alpha value is -1.68. The van der Waals surface area contributed by atoms with Crippen LogP contribution in [-0.2, 0) is 11.2 Å². The minimum Gasteiger partial charge on any atom is -0.326 e. The first-order chi connectivity index (χ1) is 7.34. The number of benzene rings is 1. The molecule has 1 amide bonds. The monoisotopic (exact) mass is 216 g/mol. The predicted molar refractivity (Wildman–Crippen MR) is 59.9 cm³/mol. The quantitative estimate of drug-likeness (QED) is 0.794. The summed E-state index contributed by atoms with van der Waals surface area (Å²) in [6.45, 7) is 0. The van der Waals surface area contributed by atoms with Crippen molar-refractivity contribution in [3.63, 3.8) is 0 Å². The molecule has 1 N–H and O–H groups in total. The summed E-state index contributed by atoms with van der Waals surface area (Å²) in [7, 11) is 0. The molecule has 2 aromatic rings. The average Bonchev–Trinajstić information content (AvgIpc) is 2.82. The number of hydrogen-bond acceptors (Lipinski definition) is 3. The minimum absolute atomic E-state index is 0.0639. The van der Waals surface area contributed by atoms with E-state index in [4.69, 9.17) is 0 Å². The molecule has 0 saturated carbocycles. The summed E-state index contributed by atoms with van der Waals surface area (Å²) in [4.78, 5) is 15.6. The summed E-state index contributed by atoms with van der Waals surface area (Å²) in [5.41, 5.74) is 3.06. The van der Waals surface area contributed by atoms with E-state index >= 15 is 0 Å². The van der Waals surface area contributed by atoms with Crippen LogP contribution >= 0.6 is 11.3 Å². The van der Waals surface area contributed by atoms with Crippen molar-refractivity contribution in [3.8, 4) is 10.6 Å². The van der Waals surface area contributed by atoms with Crippen LogP contribution in [0, 0.1) is 0 Å². The Morgan fingerprint density at radius 3 is 3.13 bits per heavy atom. The van der Waals surface area contributed by atoms with Crippen molar-refractivity contribution in [2.75, 3.05) is 5.32 Å². The van der Waals surface area contributed by atoms with E-state index in [1.807, 2.05) is 23.6 Å². The van der Waals surface area contributed by atoms with Gasteiger partial charge >= 0.3 is 0 Å². The van der Waals surface area contributed by atoms with Gasteiger partial charge in [-0.3, -0.25) is 4.79 Å². The number of carbonyl (C=O) groups is 1. The fourth-order valence-electron chi connectivity index (χ4n) is 1.81. The third-order valence-corrected chi connectivity index (χ3v) is 3.26. The molecule has 0 atom stereocenters. The number of fused-ring (bicyclic) bond motifs is 1. The van der Waals surface area contributed by atoms with Gasteiger partial charge in [0.1, 0.15) is 5.01 Å². The van der Waals surface area contributed by atoms with Crippen LogP contribution in [0.3, 0.4) is 0 Å². The zero-order valence-corrected chi connectivity index (χ0v) is 8.67. The molecule has 1 aromatic carbocycles. The summed E-state index contributed by atoms with van der Waals surface area (Å²) in [5.74, 6) is 0.0639. The van der Waals surface area contributed by atoms with E-state index in [9.17, 15) is 4.79 Å². The Balaban J connectivity index is 2.19. The van der Waals surface area contributed by atoms with Gasteiger partial charge in [0.25, 0.3) is 0 Å². The van der Waals surface area contributed by atoms with Crippen LogP contribution in [0.5, 0.6) is 0 Å². The molecular formula is C11H8N2OS. The van der Waals surface area contributed by atoms with Crippen molar-refractivity contribution in [1.29, 1.82) is 0 Å². The Bertz CT molecular complexity index is 519. The Morgan fingerprint density at radius 2 is 2.33 bits per heavy atom. The number of nitrogens with zero attached hydrogens (tertiary/aromatic N) is 1. The second-order valence-electron chi connectivity index (χ2n) is 3.39. The molecule has 1 aliphatic rings. The number of thiazole rings is 1. The second-order valence-corrected chi connectivity index (χ2v) is 4.29. The van der Waals surface area contributed by atoms with Gasteiger partial charge in [0.15, 0.2) is 0 Å². The number of amides is 1. The summed E-state index contributed by atoms with van der Waals surface area (Å²) in [6, 6.07) is 5.89. The Morgan fingerprint density at radius 1 is 1.40 bits per heavy atom. The highest BCUT2D eigenvalue weighted by Crippen LogP contribution is 2.33. The molecule has 0 fully saturated rings. The molecule has 3 rings (SSSR count). The maximum absolute atomic E-state index is 11.3. The van der Waals surface area contributed by atoms with E-state index in [1.54, 1.807) is 17.5 Å². The highest BCUT2D eigenvalue weighted by molar-refractivity contribution is 7.13. The van der Waals surface area contributed by atoms with Gasteiger partial charge in [-0.2, -0.15) is 0 Å². The normalized spacial score (nSPS) is 13.7. The molecular weight excluding hydrogens is 208 g/mol. The van der Waals surface area contributed by atoms with Crippen LogP contribution in [0.1, 0.15) is 5.56 Å². The maximum Gasteiger partial charge on any atom is 0.228 e. The largest absolute Gasteiger partial charge is 0.326 e. The van der Waals surface area contributed by atoms with Gasteiger partial charge in [0.2, 0.25) is 5.91 Å². The minimum atomic E-state index is 0.0639. The molecule has 0 spiro atoms. The van der Waals surface area contributed by atoms with Crippen molar-refractivity contribution in [1.82, 2.24) is 4.98 Å². The van der Waals surface area contributed by atoms with E-state index in [-0.39, 0.29) is 5.91 Å². The van der Waals surface area contributed by atoms with E-state index in [2.05, 4.69) is 10.3 Å². The van der Waals surface area contributed by atoms with Crippen molar-refractivity contribution >= 4 is 22.9 Å². The third-order valence-electron chi connectivity index (χ3n) is 2.45. The zero-order valence-electron chi connectivity index (χ0n) is 7.86. The second kappa shape index (κ2) is 3.17. The lowest BCUT2D eigenvalue weighted by molar-refractivity contribution is -0.115. The Kier molecular flexibility index (Phi) is 1.82. The van der Waals surface area contributed by atoms with Crippen LogP contribution in [0.25, 0.3) is 10.6 Å². The predicted octanol–water partition coefficient (Wildman–Crippen LogP) is 2.30. The SMILES string of the molecule is O=C1Cc2c(cccc2-c2nccs2)N1. The van der Waals surface area contributed by atoms with Crippen molar-refractivity contribution in [2.45, 2.75) is 6.42 Å². The smallest absolute Gasteiger partial charge is 0.228 e. The van der Waals surface area contributed by atoms with E-state index < -0.39 is 0 Å². The topological polar surface area (TPSA) is 42.0 Å². The summed E-state index contributed by atoms with van der Waals surface area (Å²) < 4.78 is 0. The first kappa shape index (κ1) is 8.61. The molecule has 74 valence electrons. The average molecular weight is 216 g/mol. The molecule has 1 aliphatic heterocycles. The molecule has 0 unspecified atom stereocenters. The van der Waals surface area contributed by atoms with Gasteiger partial charge in [-0.05, 0) is 11.6 Å². The standard InChI is InChI=1S/C11H8N2OS/c14-10-6-8-7(11-12-4-5-15-11)2-1-3-9(8)13-10/h1-5H,6H2,(H,13,14). The third kappa shape index (κ3) is 1.34. The number of aromatic nitrogens is 1. The molecule has 4 heteroatoms. The summed E-state index contributed by atoms with van der Waals surface area (Å²) >= 11 is 1.59. The van der Waals surface area contributed by atoms with Crippen molar-refractivity contribution in [2.24, 2.45) is 0 Å². The fourth-order valence-corrected chi connectivity index (χ4v) is 2.50. The van der Waals surface area contributed by atoms with Crippen molar-refractivity contribution in [3.05, 3.63) is 35.3 Å². The lowest BCUT2D eigenvalue weighted by atomic mass is 10.1. The van der Waals surface area contributed by atoms with Gasteiger partial charge in [-0.15, -0.1) is 11.3 Å². The van der Waals surface area contributed by atoms with Crippen LogP contribution < -0.4 is 5.32 Å². The number of nitrogens with one attached hydrogen (secondary N) is 1. The number of anilines is 1. The van der Waals surface area contributed by atoms with Gasteiger partial charge < -0.3 is 5.32 Å². The number of hydrogen-bond donors (Lipinski definition) is 1. The highest BCUT2D eigenvalue weighted by atomic mass is 32.1. The fraction of sp³-hybridized carbons (Fsp3) is 0.0909. The van der Waals surface area contributed by atoms with Gasteiger partial charge in [-0.1, -0.05) is 12.1 Å². The molecule has 3 nitrogen and oxygen atoms in total. The maximum atomic E-state index is 11.3. The van der Waals surface area contributed by atoms with Gasteiger partial charge in [0.05, 0.1) is 6.42 Å². The lowest BCUT2D eigenvalue weighted by Crippen LogP contribution is -2.03.